The van der Waals surface area contributed by atoms with E-state index < -0.39 is 0 Å². The van der Waals surface area contributed by atoms with Crippen LogP contribution in [0.15, 0.2) is 24.5 Å². The highest BCUT2D eigenvalue weighted by Crippen LogP contribution is 2.33. The molecule has 1 aromatic rings. The lowest BCUT2D eigenvalue weighted by Gasteiger charge is -2.37. The van der Waals surface area contributed by atoms with Crippen molar-refractivity contribution in [3.8, 4) is 0 Å². The number of pyridine rings is 1. The van der Waals surface area contributed by atoms with Gasteiger partial charge in [-0.15, -0.1) is 0 Å². The van der Waals surface area contributed by atoms with Crippen LogP contribution in [0.3, 0.4) is 0 Å². The number of nitrogens with zero attached hydrogens (tertiary/aromatic N) is 2. The highest BCUT2D eigenvalue weighted by atomic mass is 15.2. The molecule has 18 heavy (non-hydrogen) atoms. The molecule has 1 aromatic heterocycles. The Kier molecular flexibility index (Phi) is 4.36. The minimum Gasteiger partial charge on any atom is -0.326 e. The van der Waals surface area contributed by atoms with Crippen LogP contribution in [0.25, 0.3) is 0 Å². The van der Waals surface area contributed by atoms with E-state index in [4.69, 9.17) is 5.73 Å². The maximum Gasteiger partial charge on any atom is 0.0514 e. The number of rotatable bonds is 4. The first-order valence-electron chi connectivity index (χ1n) is 7.02. The lowest BCUT2D eigenvalue weighted by Crippen LogP contribution is -2.44. The van der Waals surface area contributed by atoms with Crippen LogP contribution in [0, 0.1) is 5.92 Å². The molecule has 100 valence electrons. The second kappa shape index (κ2) is 5.81. The van der Waals surface area contributed by atoms with Gasteiger partial charge in [0.05, 0.1) is 6.04 Å². The second-order valence-corrected chi connectivity index (χ2v) is 5.78. The first kappa shape index (κ1) is 13.5. The molecule has 1 aliphatic rings. The summed E-state index contributed by atoms with van der Waals surface area (Å²) in [5, 5.41) is 0. The van der Waals surface area contributed by atoms with Crippen LogP contribution in [0.4, 0.5) is 0 Å². The van der Waals surface area contributed by atoms with E-state index in [-0.39, 0.29) is 6.04 Å². The van der Waals surface area contributed by atoms with E-state index in [0.29, 0.717) is 18.0 Å². The van der Waals surface area contributed by atoms with E-state index in [0.717, 1.165) is 6.54 Å². The number of hydrogen-bond acceptors (Lipinski definition) is 3. The molecule has 0 saturated carbocycles. The van der Waals surface area contributed by atoms with Crippen LogP contribution in [0.2, 0.25) is 0 Å². The van der Waals surface area contributed by atoms with Gasteiger partial charge in [-0.25, -0.2) is 0 Å². The van der Waals surface area contributed by atoms with E-state index in [2.05, 4.69) is 36.7 Å². The van der Waals surface area contributed by atoms with Gasteiger partial charge in [-0.05, 0) is 43.9 Å². The molecule has 3 unspecified atom stereocenters. The zero-order chi connectivity index (χ0) is 13.1. The third-order valence-electron chi connectivity index (χ3n) is 3.99. The van der Waals surface area contributed by atoms with Crippen molar-refractivity contribution in [1.82, 2.24) is 9.88 Å². The minimum absolute atomic E-state index is 0.133. The molecular formula is C15H25N3. The van der Waals surface area contributed by atoms with E-state index >= 15 is 0 Å². The smallest absolute Gasteiger partial charge is 0.0514 e. The minimum atomic E-state index is 0.133. The van der Waals surface area contributed by atoms with Crippen molar-refractivity contribution < 1.29 is 0 Å². The number of nitrogens with two attached hydrogens (primary N) is 1. The highest BCUT2D eigenvalue weighted by molar-refractivity contribution is 5.17. The normalized spacial score (nSPS) is 24.4. The summed E-state index contributed by atoms with van der Waals surface area (Å²) >= 11 is 0. The van der Waals surface area contributed by atoms with E-state index in [9.17, 15) is 0 Å². The van der Waals surface area contributed by atoms with Crippen molar-refractivity contribution in [2.45, 2.75) is 51.7 Å². The fourth-order valence-corrected chi connectivity index (χ4v) is 3.22. The molecule has 2 rings (SSSR count). The molecule has 1 saturated heterocycles. The molecule has 0 amide bonds. The van der Waals surface area contributed by atoms with Gasteiger partial charge in [0.2, 0.25) is 0 Å². The first-order valence-corrected chi connectivity index (χ1v) is 7.02. The third kappa shape index (κ3) is 2.73. The van der Waals surface area contributed by atoms with Gasteiger partial charge in [-0.1, -0.05) is 19.9 Å². The average Bonchev–Trinajstić information content (AvgIpc) is 2.79. The van der Waals surface area contributed by atoms with E-state index in [1.807, 2.05) is 18.5 Å². The van der Waals surface area contributed by atoms with E-state index in [1.54, 1.807) is 0 Å². The molecule has 3 heteroatoms. The summed E-state index contributed by atoms with van der Waals surface area (Å²) in [5.74, 6) is 0.686. The van der Waals surface area contributed by atoms with Crippen molar-refractivity contribution in [3.05, 3.63) is 30.1 Å². The molecule has 2 N–H and O–H groups in total. The predicted octanol–water partition coefficient (Wildman–Crippen LogP) is 2.59. The Balaban J connectivity index is 2.25. The molecule has 0 spiro atoms. The van der Waals surface area contributed by atoms with E-state index in [1.165, 1.54) is 18.4 Å². The Hall–Kier alpha value is -0.930. The first-order chi connectivity index (χ1) is 8.61. The highest BCUT2D eigenvalue weighted by Gasteiger charge is 2.34. The van der Waals surface area contributed by atoms with Gasteiger partial charge < -0.3 is 5.73 Å². The number of likely N-dealkylation sites (tertiary alicyclic amines) is 1. The SMILES string of the molecule is CC(C)C1CCCN1C(c1cccnc1)C(C)N. The topological polar surface area (TPSA) is 42.2 Å². The Morgan fingerprint density at radius 2 is 2.17 bits per heavy atom. The van der Waals surface area contributed by atoms with Crippen LogP contribution in [0.1, 0.15) is 45.2 Å². The number of hydrogen-bond donors (Lipinski definition) is 1. The summed E-state index contributed by atoms with van der Waals surface area (Å²) in [4.78, 5) is 6.84. The molecule has 1 fully saturated rings. The molecule has 1 aliphatic heterocycles. The standard InChI is InChI=1S/C15H25N3/c1-11(2)14-7-5-9-18(14)15(12(3)16)13-6-4-8-17-10-13/h4,6,8,10-12,14-15H,5,7,9,16H2,1-3H3. The van der Waals surface area contributed by atoms with Gasteiger partial charge in [0, 0.05) is 24.5 Å². The summed E-state index contributed by atoms with van der Waals surface area (Å²) in [6, 6.07) is 5.24. The summed E-state index contributed by atoms with van der Waals surface area (Å²) < 4.78 is 0. The summed E-state index contributed by atoms with van der Waals surface area (Å²) in [6.45, 7) is 7.88. The van der Waals surface area contributed by atoms with Crippen LogP contribution >= 0.6 is 0 Å². The second-order valence-electron chi connectivity index (χ2n) is 5.78. The largest absolute Gasteiger partial charge is 0.326 e. The van der Waals surface area contributed by atoms with Crippen molar-refractivity contribution in [2.24, 2.45) is 11.7 Å². The molecule has 0 aliphatic carbocycles. The Labute approximate surface area is 110 Å². The van der Waals surface area contributed by atoms with Crippen LogP contribution in [0.5, 0.6) is 0 Å². The van der Waals surface area contributed by atoms with Gasteiger partial charge in [0.1, 0.15) is 0 Å². The van der Waals surface area contributed by atoms with Crippen LogP contribution < -0.4 is 5.73 Å². The maximum absolute atomic E-state index is 6.24. The van der Waals surface area contributed by atoms with Crippen molar-refractivity contribution in [2.75, 3.05) is 6.54 Å². The van der Waals surface area contributed by atoms with Gasteiger partial charge in [-0.3, -0.25) is 9.88 Å². The molecule has 0 aromatic carbocycles. The Morgan fingerprint density at radius 3 is 2.72 bits per heavy atom. The number of aromatic nitrogens is 1. The van der Waals surface area contributed by atoms with Crippen LogP contribution in [-0.4, -0.2) is 28.5 Å². The van der Waals surface area contributed by atoms with Gasteiger partial charge >= 0.3 is 0 Å². The van der Waals surface area contributed by atoms with Gasteiger partial charge in [0.25, 0.3) is 0 Å². The van der Waals surface area contributed by atoms with Crippen molar-refractivity contribution in [3.63, 3.8) is 0 Å². The molecule has 2 heterocycles. The van der Waals surface area contributed by atoms with Crippen molar-refractivity contribution >= 4 is 0 Å². The summed E-state index contributed by atoms with van der Waals surface area (Å²) in [5.41, 5.74) is 7.49. The molecule has 0 bridgehead atoms. The lowest BCUT2D eigenvalue weighted by atomic mass is 9.96. The molecule has 3 atom stereocenters. The molecular weight excluding hydrogens is 222 g/mol. The summed E-state index contributed by atoms with van der Waals surface area (Å²) in [7, 11) is 0. The molecule has 0 radical (unpaired) electrons. The van der Waals surface area contributed by atoms with Crippen molar-refractivity contribution in [1.29, 1.82) is 0 Å². The summed E-state index contributed by atoms with van der Waals surface area (Å²) in [6.07, 6.45) is 6.36. The fourth-order valence-electron chi connectivity index (χ4n) is 3.22. The Bertz CT molecular complexity index is 361. The van der Waals surface area contributed by atoms with Gasteiger partial charge in [0.15, 0.2) is 0 Å². The monoisotopic (exact) mass is 247 g/mol. The lowest BCUT2D eigenvalue weighted by molar-refractivity contribution is 0.130. The Morgan fingerprint density at radius 1 is 1.39 bits per heavy atom. The zero-order valence-corrected chi connectivity index (χ0v) is 11.7. The van der Waals surface area contributed by atoms with Crippen LogP contribution in [-0.2, 0) is 0 Å². The third-order valence-corrected chi connectivity index (χ3v) is 3.99. The fraction of sp³-hybridized carbons (Fsp3) is 0.667. The molecule has 3 nitrogen and oxygen atoms in total. The van der Waals surface area contributed by atoms with Gasteiger partial charge in [-0.2, -0.15) is 0 Å². The quantitative estimate of drug-likeness (QED) is 0.889. The maximum atomic E-state index is 6.24. The average molecular weight is 247 g/mol. The predicted molar refractivity (Wildman–Crippen MR) is 75.2 cm³/mol. The zero-order valence-electron chi connectivity index (χ0n) is 11.7.